The molecular formula is C9H20N4O. The molecule has 0 aromatic heterocycles. The molecule has 0 aliphatic carbocycles. The third-order valence-electron chi connectivity index (χ3n) is 2.14. The van der Waals surface area contributed by atoms with Gasteiger partial charge in [0.2, 0.25) is 0 Å². The van der Waals surface area contributed by atoms with Crippen molar-refractivity contribution >= 4 is 11.9 Å². The summed E-state index contributed by atoms with van der Waals surface area (Å²) in [5, 5.41) is 9.89. The zero-order valence-corrected chi connectivity index (χ0v) is 9.13. The van der Waals surface area contributed by atoms with Gasteiger partial charge in [0.15, 0.2) is 0 Å². The van der Waals surface area contributed by atoms with Crippen LogP contribution in [0.15, 0.2) is 0 Å². The lowest BCUT2D eigenvalue weighted by atomic mass is 10.1. The predicted octanol–water partition coefficient (Wildman–Crippen LogP) is 0.610. The Morgan fingerprint density at radius 3 is 2.36 bits per heavy atom. The van der Waals surface area contributed by atoms with Gasteiger partial charge in [-0.25, -0.2) is 4.79 Å². The van der Waals surface area contributed by atoms with Gasteiger partial charge >= 0.3 is 6.03 Å². The van der Waals surface area contributed by atoms with Gasteiger partial charge in [-0.1, -0.05) is 6.92 Å². The Bertz CT molecular complexity index is 201. The molecule has 4 N–H and O–H groups in total. The van der Waals surface area contributed by atoms with Crippen LogP contribution in [-0.4, -0.2) is 36.4 Å². The molecular weight excluding hydrogens is 180 g/mol. The Hall–Kier alpha value is -1.26. The summed E-state index contributed by atoms with van der Waals surface area (Å²) in [7, 11) is 0. The molecule has 0 rings (SSSR count). The Balaban J connectivity index is 3.89. The molecule has 0 aliphatic rings. The highest BCUT2D eigenvalue weighted by Crippen LogP contribution is 1.93. The second-order valence-corrected chi connectivity index (χ2v) is 3.21. The van der Waals surface area contributed by atoms with Gasteiger partial charge in [-0.05, 0) is 13.8 Å². The van der Waals surface area contributed by atoms with E-state index in [1.807, 2.05) is 20.8 Å². The van der Waals surface area contributed by atoms with Crippen molar-refractivity contribution in [3.8, 4) is 0 Å². The van der Waals surface area contributed by atoms with E-state index < -0.39 is 0 Å². The van der Waals surface area contributed by atoms with E-state index in [0.717, 1.165) is 0 Å². The summed E-state index contributed by atoms with van der Waals surface area (Å²) in [5.41, 5.74) is 5.28. The Morgan fingerprint density at radius 1 is 1.50 bits per heavy atom. The number of amides is 2. The Kier molecular flexibility index (Phi) is 5.67. The Morgan fingerprint density at radius 2 is 2.00 bits per heavy atom. The van der Waals surface area contributed by atoms with Gasteiger partial charge in [0, 0.05) is 25.6 Å². The van der Waals surface area contributed by atoms with Crippen LogP contribution >= 0.6 is 0 Å². The molecule has 0 aromatic carbocycles. The van der Waals surface area contributed by atoms with Gasteiger partial charge < -0.3 is 16.0 Å². The predicted molar refractivity (Wildman–Crippen MR) is 57.4 cm³/mol. The second-order valence-electron chi connectivity index (χ2n) is 3.21. The molecule has 0 bridgehead atoms. The smallest absolute Gasteiger partial charge is 0.317 e. The molecule has 5 nitrogen and oxygen atoms in total. The molecule has 2 amide bonds. The van der Waals surface area contributed by atoms with Crippen molar-refractivity contribution in [2.24, 2.45) is 11.7 Å². The third-order valence-corrected chi connectivity index (χ3v) is 2.14. The fraction of sp³-hybridized carbons (Fsp3) is 0.778. The van der Waals surface area contributed by atoms with Crippen molar-refractivity contribution in [3.63, 3.8) is 0 Å². The number of nitrogens with one attached hydrogen (secondary N) is 2. The molecule has 1 atom stereocenters. The summed E-state index contributed by atoms with van der Waals surface area (Å²) < 4.78 is 0. The zero-order valence-electron chi connectivity index (χ0n) is 9.13. The molecule has 0 aromatic rings. The van der Waals surface area contributed by atoms with E-state index in [1.54, 1.807) is 4.90 Å². The highest BCUT2D eigenvalue weighted by Gasteiger charge is 2.11. The number of amidine groups is 1. The van der Waals surface area contributed by atoms with Gasteiger partial charge in [0.1, 0.15) is 0 Å². The molecule has 82 valence electrons. The summed E-state index contributed by atoms with van der Waals surface area (Å²) in [6, 6.07) is -0.0944. The number of carbonyl (C=O) groups is 1. The number of rotatable bonds is 5. The van der Waals surface area contributed by atoms with Crippen LogP contribution in [0.25, 0.3) is 0 Å². The SMILES string of the molecule is CCN(CC)C(=O)NCC(C)C(=N)N. The minimum Gasteiger partial charge on any atom is -0.387 e. The van der Waals surface area contributed by atoms with Crippen molar-refractivity contribution < 1.29 is 4.79 Å². The number of nitrogens with two attached hydrogens (primary N) is 1. The molecule has 0 heterocycles. The maximum Gasteiger partial charge on any atom is 0.317 e. The van der Waals surface area contributed by atoms with Crippen molar-refractivity contribution in [2.75, 3.05) is 19.6 Å². The van der Waals surface area contributed by atoms with Crippen LogP contribution in [0.1, 0.15) is 20.8 Å². The van der Waals surface area contributed by atoms with Gasteiger partial charge in [0.05, 0.1) is 5.84 Å². The highest BCUT2D eigenvalue weighted by atomic mass is 16.2. The topological polar surface area (TPSA) is 82.2 Å². The minimum atomic E-state index is -0.102. The van der Waals surface area contributed by atoms with Gasteiger partial charge in [-0.15, -0.1) is 0 Å². The summed E-state index contributed by atoms with van der Waals surface area (Å²) >= 11 is 0. The lowest BCUT2D eigenvalue weighted by Gasteiger charge is -2.20. The lowest BCUT2D eigenvalue weighted by Crippen LogP contribution is -2.43. The number of nitrogens with zero attached hydrogens (tertiary/aromatic N) is 1. The first-order chi connectivity index (χ1) is 6.52. The number of urea groups is 1. The number of carbonyl (C=O) groups excluding carboxylic acids is 1. The maximum absolute atomic E-state index is 11.4. The van der Waals surface area contributed by atoms with E-state index in [0.29, 0.717) is 19.6 Å². The van der Waals surface area contributed by atoms with E-state index >= 15 is 0 Å². The van der Waals surface area contributed by atoms with Crippen LogP contribution in [0.3, 0.4) is 0 Å². The van der Waals surface area contributed by atoms with Gasteiger partial charge in [0.25, 0.3) is 0 Å². The van der Waals surface area contributed by atoms with Crippen molar-refractivity contribution in [3.05, 3.63) is 0 Å². The third kappa shape index (κ3) is 4.11. The molecule has 0 fully saturated rings. The molecule has 0 spiro atoms. The molecule has 5 heteroatoms. The molecule has 14 heavy (non-hydrogen) atoms. The monoisotopic (exact) mass is 200 g/mol. The Labute approximate surface area is 85.2 Å². The first-order valence-electron chi connectivity index (χ1n) is 4.89. The van der Waals surface area contributed by atoms with Crippen LogP contribution in [-0.2, 0) is 0 Å². The molecule has 0 saturated carbocycles. The van der Waals surface area contributed by atoms with Crippen LogP contribution in [0.4, 0.5) is 4.79 Å². The van der Waals surface area contributed by atoms with Crippen LogP contribution in [0.5, 0.6) is 0 Å². The summed E-state index contributed by atoms with van der Waals surface area (Å²) in [4.78, 5) is 13.1. The fourth-order valence-electron chi connectivity index (χ4n) is 0.973. The van der Waals surface area contributed by atoms with Gasteiger partial charge in [-0.2, -0.15) is 0 Å². The molecule has 0 radical (unpaired) electrons. The van der Waals surface area contributed by atoms with Crippen LogP contribution < -0.4 is 11.1 Å². The van der Waals surface area contributed by atoms with Gasteiger partial charge in [-0.3, -0.25) is 5.41 Å². The average Bonchev–Trinajstić information content (AvgIpc) is 2.15. The average molecular weight is 200 g/mol. The number of hydrogen-bond donors (Lipinski definition) is 3. The fourth-order valence-corrected chi connectivity index (χ4v) is 0.973. The lowest BCUT2D eigenvalue weighted by molar-refractivity contribution is 0.202. The number of hydrogen-bond acceptors (Lipinski definition) is 2. The van der Waals surface area contributed by atoms with E-state index in [4.69, 9.17) is 11.1 Å². The summed E-state index contributed by atoms with van der Waals surface area (Å²) in [5.74, 6) is -0.000593. The normalized spacial score (nSPS) is 11.9. The first kappa shape index (κ1) is 12.7. The largest absolute Gasteiger partial charge is 0.387 e. The summed E-state index contributed by atoms with van der Waals surface area (Å²) in [6.07, 6.45) is 0. The molecule has 1 unspecified atom stereocenters. The second kappa shape index (κ2) is 6.23. The van der Waals surface area contributed by atoms with E-state index in [2.05, 4.69) is 5.32 Å². The van der Waals surface area contributed by atoms with Crippen LogP contribution in [0.2, 0.25) is 0 Å². The van der Waals surface area contributed by atoms with E-state index in [1.165, 1.54) is 0 Å². The molecule has 0 saturated heterocycles. The van der Waals surface area contributed by atoms with Crippen molar-refractivity contribution in [1.82, 2.24) is 10.2 Å². The van der Waals surface area contributed by atoms with E-state index in [-0.39, 0.29) is 17.8 Å². The quantitative estimate of drug-likeness (QED) is 0.449. The molecule has 0 aliphatic heterocycles. The zero-order chi connectivity index (χ0) is 11.1. The summed E-state index contributed by atoms with van der Waals surface area (Å²) in [6.45, 7) is 7.47. The van der Waals surface area contributed by atoms with E-state index in [9.17, 15) is 4.79 Å². The highest BCUT2D eigenvalue weighted by molar-refractivity contribution is 5.80. The minimum absolute atomic E-state index is 0.0944. The van der Waals surface area contributed by atoms with Crippen molar-refractivity contribution in [2.45, 2.75) is 20.8 Å². The van der Waals surface area contributed by atoms with Crippen molar-refractivity contribution in [1.29, 1.82) is 5.41 Å². The maximum atomic E-state index is 11.4. The van der Waals surface area contributed by atoms with Crippen LogP contribution in [0, 0.1) is 11.3 Å². The standard InChI is InChI=1S/C9H20N4O/c1-4-13(5-2)9(14)12-6-7(3)8(10)11/h7H,4-6H2,1-3H3,(H3,10,11)(H,12,14). The first-order valence-corrected chi connectivity index (χ1v) is 4.89.